The summed E-state index contributed by atoms with van der Waals surface area (Å²) in [7, 11) is 1.71. The van der Waals surface area contributed by atoms with Crippen LogP contribution >= 0.6 is 11.6 Å². The predicted molar refractivity (Wildman–Crippen MR) is 76.3 cm³/mol. The number of nitrogens with one attached hydrogen (secondary N) is 1. The van der Waals surface area contributed by atoms with E-state index >= 15 is 0 Å². The molecule has 0 atom stereocenters. The van der Waals surface area contributed by atoms with Gasteiger partial charge in [-0.2, -0.15) is 9.97 Å². The second kappa shape index (κ2) is 6.91. The molecule has 106 valence electrons. The molecule has 0 saturated carbocycles. The molecule has 20 heavy (non-hydrogen) atoms. The number of ether oxygens (including phenoxy) is 2. The van der Waals surface area contributed by atoms with Crippen LogP contribution in [0.2, 0.25) is 5.02 Å². The first-order valence-electron chi connectivity index (χ1n) is 6.15. The number of benzene rings is 1. The first-order chi connectivity index (χ1) is 9.71. The SMILES string of the molecule is CCOc1nc(NC)nc(OCc2cccc(Cl)c2)n1. The van der Waals surface area contributed by atoms with Crippen molar-refractivity contribution in [3.63, 3.8) is 0 Å². The van der Waals surface area contributed by atoms with Crippen LogP contribution in [0.4, 0.5) is 5.95 Å². The second-order valence-electron chi connectivity index (χ2n) is 3.83. The summed E-state index contributed by atoms with van der Waals surface area (Å²) < 4.78 is 10.8. The van der Waals surface area contributed by atoms with Gasteiger partial charge in [0.05, 0.1) is 6.61 Å². The van der Waals surface area contributed by atoms with E-state index in [1.54, 1.807) is 13.1 Å². The molecule has 0 bridgehead atoms. The second-order valence-corrected chi connectivity index (χ2v) is 4.26. The zero-order valence-corrected chi connectivity index (χ0v) is 12.0. The van der Waals surface area contributed by atoms with Crippen molar-refractivity contribution in [3.8, 4) is 12.0 Å². The molecule has 7 heteroatoms. The minimum absolute atomic E-state index is 0.202. The van der Waals surface area contributed by atoms with Crippen molar-refractivity contribution in [3.05, 3.63) is 34.9 Å². The van der Waals surface area contributed by atoms with Crippen LogP contribution < -0.4 is 14.8 Å². The van der Waals surface area contributed by atoms with Crippen molar-refractivity contribution in [1.82, 2.24) is 15.0 Å². The van der Waals surface area contributed by atoms with Crippen molar-refractivity contribution in [1.29, 1.82) is 0 Å². The number of nitrogens with zero attached hydrogens (tertiary/aromatic N) is 3. The number of hydrogen-bond donors (Lipinski definition) is 1. The lowest BCUT2D eigenvalue weighted by Crippen LogP contribution is -2.07. The Bertz CT molecular complexity index is 580. The molecular formula is C13H15ClN4O2. The minimum atomic E-state index is 0.202. The van der Waals surface area contributed by atoms with E-state index in [1.807, 2.05) is 25.1 Å². The van der Waals surface area contributed by atoms with Crippen molar-refractivity contribution >= 4 is 17.5 Å². The normalized spacial score (nSPS) is 10.2. The van der Waals surface area contributed by atoms with E-state index in [-0.39, 0.29) is 12.0 Å². The van der Waals surface area contributed by atoms with Crippen molar-refractivity contribution in [2.75, 3.05) is 19.0 Å². The number of rotatable bonds is 6. The van der Waals surface area contributed by atoms with Crippen LogP contribution in [0.25, 0.3) is 0 Å². The van der Waals surface area contributed by atoms with Gasteiger partial charge in [-0.25, -0.2) is 0 Å². The summed E-state index contributed by atoms with van der Waals surface area (Å²) >= 11 is 5.91. The van der Waals surface area contributed by atoms with E-state index in [4.69, 9.17) is 21.1 Å². The quantitative estimate of drug-likeness (QED) is 0.883. The molecular weight excluding hydrogens is 280 g/mol. The Balaban J connectivity index is 2.10. The topological polar surface area (TPSA) is 69.2 Å². The van der Waals surface area contributed by atoms with Gasteiger partial charge in [0, 0.05) is 12.1 Å². The number of halogens is 1. The maximum absolute atomic E-state index is 5.91. The molecule has 0 unspecified atom stereocenters. The molecule has 0 aliphatic rings. The third-order valence-corrected chi connectivity index (χ3v) is 2.58. The van der Waals surface area contributed by atoms with Crippen LogP contribution in [0.15, 0.2) is 24.3 Å². The van der Waals surface area contributed by atoms with E-state index in [0.717, 1.165) is 5.56 Å². The van der Waals surface area contributed by atoms with Gasteiger partial charge in [-0.3, -0.25) is 0 Å². The predicted octanol–water partition coefficient (Wildman–Crippen LogP) is 2.54. The highest BCUT2D eigenvalue weighted by molar-refractivity contribution is 6.30. The summed E-state index contributed by atoms with van der Waals surface area (Å²) in [5, 5.41) is 3.49. The Morgan fingerprint density at radius 2 is 1.90 bits per heavy atom. The van der Waals surface area contributed by atoms with Crippen LogP contribution in [0.1, 0.15) is 12.5 Å². The third-order valence-electron chi connectivity index (χ3n) is 2.35. The molecule has 0 radical (unpaired) electrons. The highest BCUT2D eigenvalue weighted by Gasteiger charge is 2.07. The molecule has 0 aliphatic carbocycles. The molecule has 1 heterocycles. The van der Waals surface area contributed by atoms with Crippen molar-refractivity contribution in [2.24, 2.45) is 0 Å². The Kier molecular flexibility index (Phi) is 4.95. The maximum atomic E-state index is 5.91. The molecule has 0 spiro atoms. The molecule has 1 aromatic carbocycles. The van der Waals surface area contributed by atoms with Crippen molar-refractivity contribution in [2.45, 2.75) is 13.5 Å². The molecule has 6 nitrogen and oxygen atoms in total. The first kappa shape index (κ1) is 14.3. The number of hydrogen-bond acceptors (Lipinski definition) is 6. The summed E-state index contributed by atoms with van der Waals surface area (Å²) in [6, 6.07) is 7.83. The number of anilines is 1. The van der Waals surface area contributed by atoms with Gasteiger partial charge in [-0.15, -0.1) is 4.98 Å². The van der Waals surface area contributed by atoms with Crippen molar-refractivity contribution < 1.29 is 9.47 Å². The molecule has 1 N–H and O–H groups in total. The van der Waals surface area contributed by atoms with Crippen LogP contribution in [-0.2, 0) is 6.61 Å². The standard InChI is InChI=1S/C13H15ClN4O2/c1-3-19-12-16-11(15-2)17-13(18-12)20-8-9-5-4-6-10(14)7-9/h4-7H,3,8H2,1-2H3,(H,15,16,17,18). The van der Waals surface area contributed by atoms with E-state index in [2.05, 4.69) is 20.3 Å². The van der Waals surface area contributed by atoms with Gasteiger partial charge < -0.3 is 14.8 Å². The highest BCUT2D eigenvalue weighted by atomic mass is 35.5. The van der Waals surface area contributed by atoms with Crippen LogP contribution in [0.5, 0.6) is 12.0 Å². The minimum Gasteiger partial charge on any atom is -0.464 e. The fraction of sp³-hybridized carbons (Fsp3) is 0.308. The van der Waals surface area contributed by atoms with E-state index in [1.165, 1.54) is 0 Å². The largest absolute Gasteiger partial charge is 0.464 e. The summed E-state index contributed by atoms with van der Waals surface area (Å²) in [5.74, 6) is 0.393. The molecule has 2 aromatic rings. The highest BCUT2D eigenvalue weighted by Crippen LogP contribution is 2.15. The van der Waals surface area contributed by atoms with Gasteiger partial charge in [-0.1, -0.05) is 23.7 Å². The molecule has 2 rings (SSSR count). The van der Waals surface area contributed by atoms with E-state index < -0.39 is 0 Å². The molecule has 0 fully saturated rings. The lowest BCUT2D eigenvalue weighted by Gasteiger charge is -2.08. The zero-order chi connectivity index (χ0) is 14.4. The van der Waals surface area contributed by atoms with Gasteiger partial charge in [0.25, 0.3) is 0 Å². The fourth-order valence-electron chi connectivity index (χ4n) is 1.48. The van der Waals surface area contributed by atoms with Gasteiger partial charge in [0.2, 0.25) is 5.95 Å². The average molecular weight is 295 g/mol. The zero-order valence-electron chi connectivity index (χ0n) is 11.3. The van der Waals surface area contributed by atoms with E-state index in [0.29, 0.717) is 24.2 Å². The molecule has 0 amide bonds. The summed E-state index contributed by atoms with van der Waals surface area (Å²) in [5.41, 5.74) is 0.932. The summed E-state index contributed by atoms with van der Waals surface area (Å²) in [6.45, 7) is 2.65. The summed E-state index contributed by atoms with van der Waals surface area (Å²) in [6.07, 6.45) is 0. The Hall–Kier alpha value is -2.08. The third kappa shape index (κ3) is 3.96. The lowest BCUT2D eigenvalue weighted by atomic mass is 10.2. The van der Waals surface area contributed by atoms with Gasteiger partial charge in [0.1, 0.15) is 6.61 Å². The fourth-order valence-corrected chi connectivity index (χ4v) is 1.70. The smallest absolute Gasteiger partial charge is 0.324 e. The maximum Gasteiger partial charge on any atom is 0.324 e. The monoisotopic (exact) mass is 294 g/mol. The molecule has 1 aromatic heterocycles. The average Bonchev–Trinajstić information content (AvgIpc) is 2.45. The van der Waals surface area contributed by atoms with Gasteiger partial charge in [-0.05, 0) is 24.6 Å². The Labute approximate surface area is 122 Å². The molecule has 0 saturated heterocycles. The van der Waals surface area contributed by atoms with Gasteiger partial charge >= 0.3 is 12.0 Å². The van der Waals surface area contributed by atoms with E-state index in [9.17, 15) is 0 Å². The Morgan fingerprint density at radius 1 is 1.15 bits per heavy atom. The molecule has 0 aliphatic heterocycles. The lowest BCUT2D eigenvalue weighted by molar-refractivity contribution is 0.262. The van der Waals surface area contributed by atoms with Crippen LogP contribution in [0.3, 0.4) is 0 Å². The van der Waals surface area contributed by atoms with Crippen LogP contribution in [-0.4, -0.2) is 28.6 Å². The van der Waals surface area contributed by atoms with Gasteiger partial charge in [0.15, 0.2) is 0 Å². The Morgan fingerprint density at radius 3 is 2.55 bits per heavy atom. The van der Waals surface area contributed by atoms with Crippen LogP contribution in [0, 0.1) is 0 Å². The first-order valence-corrected chi connectivity index (χ1v) is 6.53. The summed E-state index contributed by atoms with van der Waals surface area (Å²) in [4.78, 5) is 12.2. The number of aromatic nitrogens is 3.